The highest BCUT2D eigenvalue weighted by Gasteiger charge is 2.30. The second-order valence-electron chi connectivity index (χ2n) is 8.55. The maximum absolute atomic E-state index is 12.8. The number of rotatable bonds is 9. The number of alkyl halides is 3. The van der Waals surface area contributed by atoms with E-state index in [1.54, 1.807) is 12.1 Å². The molecule has 2 heterocycles. The van der Waals surface area contributed by atoms with E-state index in [4.69, 9.17) is 20.9 Å². The molecule has 1 saturated heterocycles. The fraction of sp³-hybridized carbons (Fsp3) is 0.417. The van der Waals surface area contributed by atoms with Crippen LogP contribution in [0.15, 0.2) is 47.9 Å². The number of ether oxygens (including phenoxy) is 2. The van der Waals surface area contributed by atoms with Crippen LogP contribution in [0.5, 0.6) is 5.75 Å². The number of allylic oxidation sites excluding steroid dienone is 3. The molecule has 5 N–H and O–H groups in total. The van der Waals surface area contributed by atoms with Crippen LogP contribution < -0.4 is 21.5 Å². The van der Waals surface area contributed by atoms with E-state index in [0.717, 1.165) is 27.9 Å². The van der Waals surface area contributed by atoms with E-state index >= 15 is 0 Å². The molecule has 0 unspecified atom stereocenters. The number of carbonyl (C=O) groups is 1. The number of nitrogens with one attached hydrogen (secondary N) is 1. The third-order valence-corrected chi connectivity index (χ3v) is 6.62. The van der Waals surface area contributed by atoms with Crippen molar-refractivity contribution >= 4 is 17.2 Å². The van der Waals surface area contributed by atoms with Crippen molar-refractivity contribution in [3.8, 4) is 16.3 Å². The molecule has 1 fully saturated rings. The molecule has 35 heavy (non-hydrogen) atoms. The Morgan fingerprint density at radius 2 is 2.09 bits per heavy atom. The maximum Gasteiger partial charge on any atom is 0.430 e. The summed E-state index contributed by atoms with van der Waals surface area (Å²) in [7, 11) is 0. The van der Waals surface area contributed by atoms with Gasteiger partial charge in [0.15, 0.2) is 0 Å². The molecule has 7 nitrogen and oxygen atoms in total. The molecule has 0 spiro atoms. The minimum absolute atomic E-state index is 0.0147. The number of thiazole rings is 1. The van der Waals surface area contributed by atoms with E-state index in [-0.39, 0.29) is 18.2 Å². The quantitative estimate of drug-likeness (QED) is 0.433. The summed E-state index contributed by atoms with van der Waals surface area (Å²) >= 11 is 1.54. The van der Waals surface area contributed by atoms with Crippen molar-refractivity contribution in [1.82, 2.24) is 10.3 Å². The number of hydrogen-bond donors (Lipinski definition) is 3. The molecule has 0 saturated carbocycles. The fourth-order valence-corrected chi connectivity index (χ4v) is 4.09. The first-order chi connectivity index (χ1) is 16.5. The zero-order valence-electron chi connectivity index (χ0n) is 19.5. The number of hydrogen-bond acceptors (Lipinski definition) is 7. The first kappa shape index (κ1) is 26.6. The minimum atomic E-state index is -4.65. The Labute approximate surface area is 206 Å². The standard InChI is InChI=1S/C24H29F3N4O3S/c1-14(2)20-11-31-23(35-20)17-7-16(8-19(9-17)34-13-15-5-6-33-12-15)22(32)30-10-18(28)3-4-21(29)24(25,26)27/h3-4,7-9,11,14-15H,5-6,10,12-13,28-29H2,1-2H3,(H,30,32)/b18-3-,21-4-/t15-/m1/s1. The molecular weight excluding hydrogens is 481 g/mol. The van der Waals surface area contributed by atoms with Crippen LogP contribution in [-0.4, -0.2) is 43.4 Å². The Hall–Kier alpha value is -3.05. The highest BCUT2D eigenvalue weighted by atomic mass is 32.1. The SMILES string of the molecule is CC(C)c1cnc(-c2cc(OC[C@@H]3CCOC3)cc(C(=O)NC/C(N)=C/C=C(\N)C(F)(F)F)c2)s1. The minimum Gasteiger partial charge on any atom is -0.493 e. The first-order valence-corrected chi connectivity index (χ1v) is 11.9. The third kappa shape index (κ3) is 7.72. The molecule has 1 amide bonds. The molecule has 0 aliphatic carbocycles. The van der Waals surface area contributed by atoms with Crippen molar-refractivity contribution in [2.75, 3.05) is 26.4 Å². The molecule has 3 rings (SSSR count). The Morgan fingerprint density at radius 3 is 2.71 bits per heavy atom. The summed E-state index contributed by atoms with van der Waals surface area (Å²) in [6, 6.07) is 5.16. The summed E-state index contributed by atoms with van der Waals surface area (Å²) in [5, 5.41) is 3.37. The largest absolute Gasteiger partial charge is 0.493 e. The van der Waals surface area contributed by atoms with E-state index in [0.29, 0.717) is 43.1 Å². The summed E-state index contributed by atoms with van der Waals surface area (Å²) in [6.07, 6.45) is -0.237. The average molecular weight is 511 g/mol. The topological polar surface area (TPSA) is 112 Å². The van der Waals surface area contributed by atoms with Crippen molar-refractivity contribution in [3.63, 3.8) is 0 Å². The molecule has 1 atom stereocenters. The second kappa shape index (κ2) is 11.6. The van der Waals surface area contributed by atoms with Gasteiger partial charge in [-0.1, -0.05) is 13.8 Å². The van der Waals surface area contributed by atoms with E-state index in [1.165, 1.54) is 11.3 Å². The van der Waals surface area contributed by atoms with E-state index in [2.05, 4.69) is 24.1 Å². The Kier molecular flexibility index (Phi) is 8.79. The molecular formula is C24H29F3N4O3S. The first-order valence-electron chi connectivity index (χ1n) is 11.1. The Bertz CT molecular complexity index is 1090. The number of carbonyl (C=O) groups excluding carboxylic acids is 1. The van der Waals surface area contributed by atoms with Crippen LogP contribution in [0.4, 0.5) is 13.2 Å². The van der Waals surface area contributed by atoms with Gasteiger partial charge in [0.2, 0.25) is 0 Å². The van der Waals surface area contributed by atoms with Crippen molar-refractivity contribution in [2.24, 2.45) is 17.4 Å². The lowest BCUT2D eigenvalue weighted by Gasteiger charge is -2.13. The van der Waals surface area contributed by atoms with Gasteiger partial charge < -0.3 is 26.3 Å². The van der Waals surface area contributed by atoms with Crippen molar-refractivity contribution in [1.29, 1.82) is 0 Å². The fourth-order valence-electron chi connectivity index (χ4n) is 3.19. The van der Waals surface area contributed by atoms with Gasteiger partial charge in [-0.3, -0.25) is 4.79 Å². The maximum atomic E-state index is 12.8. The number of aromatic nitrogens is 1. The normalized spacial score (nSPS) is 17.1. The number of benzene rings is 1. The van der Waals surface area contributed by atoms with Crippen molar-refractivity contribution in [2.45, 2.75) is 32.4 Å². The second-order valence-corrected chi connectivity index (χ2v) is 9.62. The van der Waals surface area contributed by atoms with Gasteiger partial charge in [-0.05, 0) is 42.7 Å². The molecule has 2 aromatic rings. The number of amides is 1. The van der Waals surface area contributed by atoms with Gasteiger partial charge in [-0.25, -0.2) is 4.98 Å². The van der Waals surface area contributed by atoms with Crippen LogP contribution >= 0.6 is 11.3 Å². The number of nitrogens with two attached hydrogens (primary N) is 2. The highest BCUT2D eigenvalue weighted by Crippen LogP contribution is 2.32. The molecule has 1 aromatic heterocycles. The lowest BCUT2D eigenvalue weighted by atomic mass is 10.1. The van der Waals surface area contributed by atoms with Crippen molar-refractivity contribution in [3.05, 3.63) is 58.4 Å². The predicted molar refractivity (Wildman–Crippen MR) is 129 cm³/mol. The molecule has 11 heteroatoms. The van der Waals surface area contributed by atoms with Crippen LogP contribution in [0.2, 0.25) is 0 Å². The van der Waals surface area contributed by atoms with E-state index in [1.807, 2.05) is 12.3 Å². The molecule has 1 aliphatic rings. The zero-order valence-corrected chi connectivity index (χ0v) is 20.3. The van der Waals surface area contributed by atoms with Gasteiger partial charge in [0.25, 0.3) is 5.91 Å². The van der Waals surface area contributed by atoms with Crippen LogP contribution in [0, 0.1) is 5.92 Å². The average Bonchev–Trinajstić information content (AvgIpc) is 3.51. The van der Waals surface area contributed by atoms with Crippen LogP contribution in [-0.2, 0) is 4.74 Å². The summed E-state index contributed by atoms with van der Waals surface area (Å²) in [4.78, 5) is 18.5. The van der Waals surface area contributed by atoms with Gasteiger partial charge in [0.05, 0.1) is 19.8 Å². The number of nitrogens with zero attached hydrogens (tertiary/aromatic N) is 1. The van der Waals surface area contributed by atoms with Gasteiger partial charge in [-0.2, -0.15) is 13.2 Å². The lowest BCUT2D eigenvalue weighted by Crippen LogP contribution is -2.28. The predicted octanol–water partition coefficient (Wildman–Crippen LogP) is 4.33. The van der Waals surface area contributed by atoms with E-state index in [9.17, 15) is 18.0 Å². The van der Waals surface area contributed by atoms with E-state index < -0.39 is 17.8 Å². The Morgan fingerprint density at radius 1 is 1.31 bits per heavy atom. The van der Waals surface area contributed by atoms with Gasteiger partial charge in [0, 0.05) is 40.4 Å². The summed E-state index contributed by atoms with van der Waals surface area (Å²) in [6.45, 7) is 5.80. The highest BCUT2D eigenvalue weighted by molar-refractivity contribution is 7.15. The third-order valence-electron chi connectivity index (χ3n) is 5.28. The molecule has 1 aromatic carbocycles. The van der Waals surface area contributed by atoms with Gasteiger partial charge >= 0.3 is 6.18 Å². The smallest absolute Gasteiger partial charge is 0.430 e. The Balaban J connectivity index is 1.77. The summed E-state index contributed by atoms with van der Waals surface area (Å²) in [5.74, 6) is 0.669. The zero-order chi connectivity index (χ0) is 25.6. The van der Waals surface area contributed by atoms with Crippen LogP contribution in [0.3, 0.4) is 0 Å². The van der Waals surface area contributed by atoms with Crippen LogP contribution in [0.1, 0.15) is 41.4 Å². The lowest BCUT2D eigenvalue weighted by molar-refractivity contribution is -0.0926. The molecule has 1 aliphatic heterocycles. The van der Waals surface area contributed by atoms with Crippen LogP contribution in [0.25, 0.3) is 10.6 Å². The summed E-state index contributed by atoms with van der Waals surface area (Å²) in [5.41, 5.74) is 10.5. The monoisotopic (exact) mass is 510 g/mol. The molecule has 190 valence electrons. The number of halogens is 3. The van der Waals surface area contributed by atoms with Gasteiger partial charge in [-0.15, -0.1) is 11.3 Å². The van der Waals surface area contributed by atoms with Crippen molar-refractivity contribution < 1.29 is 27.4 Å². The molecule has 0 radical (unpaired) electrons. The van der Waals surface area contributed by atoms with Gasteiger partial charge in [0.1, 0.15) is 16.5 Å². The summed E-state index contributed by atoms with van der Waals surface area (Å²) < 4.78 is 48.9. The molecule has 0 bridgehead atoms.